The van der Waals surface area contributed by atoms with Gasteiger partial charge in [0.2, 0.25) is 0 Å². The van der Waals surface area contributed by atoms with Gasteiger partial charge in [-0.25, -0.2) is 4.79 Å². The first-order valence-electron chi connectivity index (χ1n) is 8.77. The zero-order valence-electron chi connectivity index (χ0n) is 14.6. The summed E-state index contributed by atoms with van der Waals surface area (Å²) < 4.78 is 5.12. The highest BCUT2D eigenvalue weighted by atomic mass is 16.5. The van der Waals surface area contributed by atoms with E-state index in [4.69, 9.17) is 4.74 Å². The predicted octanol–water partition coefficient (Wildman–Crippen LogP) is 4.01. The molecule has 0 atom stereocenters. The van der Waals surface area contributed by atoms with E-state index in [2.05, 4.69) is 27.7 Å². The molecule has 1 saturated heterocycles. The summed E-state index contributed by atoms with van der Waals surface area (Å²) in [4.78, 5) is 14.4. The van der Waals surface area contributed by atoms with E-state index in [1.165, 1.54) is 24.9 Å². The van der Waals surface area contributed by atoms with Crippen molar-refractivity contribution in [3.63, 3.8) is 0 Å². The van der Waals surface area contributed by atoms with Gasteiger partial charge in [0.15, 0.2) is 0 Å². The van der Waals surface area contributed by atoms with Gasteiger partial charge in [-0.05, 0) is 61.2 Å². The second-order valence-corrected chi connectivity index (χ2v) is 6.25. The lowest BCUT2D eigenvalue weighted by Crippen LogP contribution is -2.29. The Morgan fingerprint density at radius 3 is 2.32 bits per heavy atom. The zero-order chi connectivity index (χ0) is 17.5. The molecule has 2 aromatic carbocycles. The number of hydrogen-bond donors (Lipinski definition) is 2. The normalized spacial score (nSPS) is 14.0. The monoisotopic (exact) mass is 339 g/mol. The van der Waals surface area contributed by atoms with E-state index in [0.717, 1.165) is 30.1 Å². The van der Waals surface area contributed by atoms with Crippen LogP contribution < -0.4 is 20.3 Å². The van der Waals surface area contributed by atoms with Crippen molar-refractivity contribution in [2.45, 2.75) is 25.8 Å². The Labute approximate surface area is 149 Å². The molecular weight excluding hydrogens is 314 g/mol. The molecule has 5 nitrogen and oxygen atoms in total. The molecule has 1 aliphatic rings. The van der Waals surface area contributed by atoms with Gasteiger partial charge >= 0.3 is 6.03 Å². The molecule has 0 saturated carbocycles. The molecule has 0 bridgehead atoms. The number of benzene rings is 2. The van der Waals surface area contributed by atoms with Gasteiger partial charge in [-0.2, -0.15) is 0 Å². The van der Waals surface area contributed by atoms with Gasteiger partial charge in [-0.15, -0.1) is 0 Å². The highest BCUT2D eigenvalue weighted by Crippen LogP contribution is 2.21. The van der Waals surface area contributed by atoms with Crippen LogP contribution in [0.25, 0.3) is 0 Å². The molecule has 0 unspecified atom stereocenters. The molecule has 1 fully saturated rings. The molecule has 0 radical (unpaired) electrons. The minimum Gasteiger partial charge on any atom is -0.497 e. The van der Waals surface area contributed by atoms with Crippen molar-refractivity contribution in [3.05, 3.63) is 54.1 Å². The fourth-order valence-electron chi connectivity index (χ4n) is 3.01. The number of carbonyl (C=O) groups is 1. The molecule has 3 rings (SSSR count). The number of carbonyl (C=O) groups excluding carboxylic acids is 1. The number of ether oxygens (including phenoxy) is 1. The number of urea groups is 1. The Morgan fingerprint density at radius 1 is 1.00 bits per heavy atom. The molecule has 132 valence electrons. The summed E-state index contributed by atoms with van der Waals surface area (Å²) in [6, 6.07) is 15.5. The van der Waals surface area contributed by atoms with E-state index in [0.29, 0.717) is 6.54 Å². The number of rotatable bonds is 5. The molecule has 0 spiro atoms. The van der Waals surface area contributed by atoms with Gasteiger partial charge in [-0.1, -0.05) is 12.1 Å². The molecule has 2 N–H and O–H groups in total. The number of piperidine rings is 1. The average Bonchev–Trinajstić information content (AvgIpc) is 2.68. The van der Waals surface area contributed by atoms with Crippen LogP contribution in [0, 0.1) is 0 Å². The van der Waals surface area contributed by atoms with Gasteiger partial charge in [0.25, 0.3) is 0 Å². The molecule has 25 heavy (non-hydrogen) atoms. The Balaban J connectivity index is 1.48. The van der Waals surface area contributed by atoms with E-state index < -0.39 is 0 Å². The van der Waals surface area contributed by atoms with Crippen molar-refractivity contribution in [3.8, 4) is 5.75 Å². The van der Waals surface area contributed by atoms with E-state index in [1.54, 1.807) is 7.11 Å². The Bertz CT molecular complexity index is 677. The summed E-state index contributed by atoms with van der Waals surface area (Å²) in [5, 5.41) is 5.73. The van der Waals surface area contributed by atoms with Crippen LogP contribution in [0.5, 0.6) is 5.75 Å². The number of methoxy groups -OCH3 is 1. The van der Waals surface area contributed by atoms with Gasteiger partial charge in [-0.3, -0.25) is 0 Å². The summed E-state index contributed by atoms with van der Waals surface area (Å²) in [5.41, 5.74) is 3.05. The standard InChI is InChI=1S/C20H25N3O2/c1-25-19-11-5-16(6-12-19)15-21-20(24)22-17-7-9-18(10-8-17)23-13-3-2-4-14-23/h5-12H,2-4,13-15H2,1H3,(H2,21,22,24). The second kappa shape index (κ2) is 8.42. The van der Waals surface area contributed by atoms with Crippen molar-refractivity contribution < 1.29 is 9.53 Å². The maximum atomic E-state index is 12.0. The Hall–Kier alpha value is -2.69. The number of anilines is 2. The van der Waals surface area contributed by atoms with Crippen molar-refractivity contribution >= 4 is 17.4 Å². The number of nitrogens with one attached hydrogen (secondary N) is 2. The van der Waals surface area contributed by atoms with Crippen LogP contribution in [0.1, 0.15) is 24.8 Å². The van der Waals surface area contributed by atoms with Crippen LogP contribution in [0.4, 0.5) is 16.2 Å². The SMILES string of the molecule is COc1ccc(CNC(=O)Nc2ccc(N3CCCCC3)cc2)cc1. The predicted molar refractivity (Wildman–Crippen MR) is 101 cm³/mol. The van der Waals surface area contributed by atoms with Crippen molar-refractivity contribution in [1.29, 1.82) is 0 Å². The highest BCUT2D eigenvalue weighted by Gasteiger charge is 2.10. The Kier molecular flexibility index (Phi) is 5.77. The first-order chi connectivity index (χ1) is 12.2. The Morgan fingerprint density at radius 2 is 1.68 bits per heavy atom. The third-order valence-corrected chi connectivity index (χ3v) is 4.46. The summed E-state index contributed by atoms with van der Waals surface area (Å²) in [6.45, 7) is 2.71. The molecule has 2 aromatic rings. The second-order valence-electron chi connectivity index (χ2n) is 6.25. The van der Waals surface area contributed by atoms with Crippen LogP contribution in [-0.2, 0) is 6.54 Å². The van der Waals surface area contributed by atoms with Gasteiger partial charge in [0.1, 0.15) is 5.75 Å². The molecular formula is C20H25N3O2. The summed E-state index contributed by atoms with van der Waals surface area (Å²) in [5.74, 6) is 0.807. The largest absolute Gasteiger partial charge is 0.497 e. The van der Waals surface area contributed by atoms with E-state index >= 15 is 0 Å². The lowest BCUT2D eigenvalue weighted by atomic mass is 10.1. The van der Waals surface area contributed by atoms with Crippen LogP contribution in [0.3, 0.4) is 0 Å². The van der Waals surface area contributed by atoms with Crippen LogP contribution in [0.15, 0.2) is 48.5 Å². The third-order valence-electron chi connectivity index (χ3n) is 4.46. The van der Waals surface area contributed by atoms with Crippen molar-refractivity contribution in [2.75, 3.05) is 30.4 Å². The minimum atomic E-state index is -0.207. The lowest BCUT2D eigenvalue weighted by Gasteiger charge is -2.28. The topological polar surface area (TPSA) is 53.6 Å². The third kappa shape index (κ3) is 4.89. The molecule has 0 aliphatic carbocycles. The lowest BCUT2D eigenvalue weighted by molar-refractivity contribution is 0.251. The average molecular weight is 339 g/mol. The molecule has 1 heterocycles. The first kappa shape index (κ1) is 17.1. The van der Waals surface area contributed by atoms with E-state index in [9.17, 15) is 4.79 Å². The van der Waals surface area contributed by atoms with Gasteiger partial charge in [0.05, 0.1) is 7.11 Å². The maximum Gasteiger partial charge on any atom is 0.319 e. The van der Waals surface area contributed by atoms with E-state index in [-0.39, 0.29) is 6.03 Å². The molecule has 2 amide bonds. The quantitative estimate of drug-likeness (QED) is 0.865. The summed E-state index contributed by atoms with van der Waals surface area (Å²) in [6.07, 6.45) is 3.84. The zero-order valence-corrected chi connectivity index (χ0v) is 14.6. The first-order valence-corrected chi connectivity index (χ1v) is 8.77. The maximum absolute atomic E-state index is 12.0. The molecule has 1 aliphatic heterocycles. The summed E-state index contributed by atoms with van der Waals surface area (Å²) in [7, 11) is 1.64. The van der Waals surface area contributed by atoms with Gasteiger partial charge in [0, 0.05) is 31.0 Å². The fraction of sp³-hybridized carbons (Fsp3) is 0.350. The number of nitrogens with zero attached hydrogens (tertiary/aromatic N) is 1. The number of amides is 2. The van der Waals surface area contributed by atoms with Crippen LogP contribution >= 0.6 is 0 Å². The minimum absolute atomic E-state index is 0.207. The van der Waals surface area contributed by atoms with E-state index in [1.807, 2.05) is 36.4 Å². The molecule has 0 aromatic heterocycles. The van der Waals surface area contributed by atoms with Crippen molar-refractivity contribution in [1.82, 2.24) is 5.32 Å². The molecule has 5 heteroatoms. The van der Waals surface area contributed by atoms with Crippen LogP contribution in [-0.4, -0.2) is 26.2 Å². The van der Waals surface area contributed by atoms with Gasteiger partial charge < -0.3 is 20.3 Å². The van der Waals surface area contributed by atoms with Crippen LogP contribution in [0.2, 0.25) is 0 Å². The summed E-state index contributed by atoms with van der Waals surface area (Å²) >= 11 is 0. The number of hydrogen-bond acceptors (Lipinski definition) is 3. The van der Waals surface area contributed by atoms with Crippen molar-refractivity contribution in [2.24, 2.45) is 0 Å². The highest BCUT2D eigenvalue weighted by molar-refractivity contribution is 5.89. The fourth-order valence-corrected chi connectivity index (χ4v) is 3.01. The smallest absolute Gasteiger partial charge is 0.319 e.